The maximum Gasteiger partial charge on any atom is 0.269 e. The summed E-state index contributed by atoms with van der Waals surface area (Å²) >= 11 is 0. The topological polar surface area (TPSA) is 46.4 Å². The van der Waals surface area contributed by atoms with Crippen LogP contribution in [0.15, 0.2) is 91.0 Å². The summed E-state index contributed by atoms with van der Waals surface area (Å²) in [6.45, 7) is 2.42. The van der Waals surface area contributed by atoms with Crippen molar-refractivity contribution in [3.63, 3.8) is 0 Å². The molecule has 0 saturated carbocycles. The van der Waals surface area contributed by atoms with Crippen LogP contribution in [0.25, 0.3) is 6.08 Å². The maximum absolute atomic E-state index is 11.1. The number of nitrogens with zero attached hydrogens (tertiary/aromatic N) is 2. The molecule has 0 fully saturated rings. The van der Waals surface area contributed by atoms with Crippen LogP contribution in [0.4, 0.5) is 5.69 Å². The molecule has 0 aliphatic rings. The van der Waals surface area contributed by atoms with Crippen molar-refractivity contribution in [2.75, 3.05) is 13.1 Å². The van der Waals surface area contributed by atoms with Crippen LogP contribution in [0, 0.1) is 10.1 Å². The van der Waals surface area contributed by atoms with Gasteiger partial charge >= 0.3 is 0 Å². The molecule has 0 bridgehead atoms. The van der Waals surface area contributed by atoms with Gasteiger partial charge < -0.3 is 0 Å². The van der Waals surface area contributed by atoms with E-state index >= 15 is 0 Å². The lowest BCUT2D eigenvalue weighted by Crippen LogP contribution is -2.25. The fourth-order valence-corrected chi connectivity index (χ4v) is 3.31. The first kappa shape index (κ1) is 20.5. The number of aryl methyl sites for hydroxylation is 1. The SMILES string of the molecule is O=[N+]([O-])c1cccc(CN(CC=Cc2ccccc2)CCCc2ccccc2)c1. The third kappa shape index (κ3) is 7.01. The summed E-state index contributed by atoms with van der Waals surface area (Å²) in [6.07, 6.45) is 6.35. The lowest BCUT2D eigenvalue weighted by atomic mass is 10.1. The lowest BCUT2D eigenvalue weighted by Gasteiger charge is -2.21. The zero-order chi connectivity index (χ0) is 20.3. The first-order valence-electron chi connectivity index (χ1n) is 9.92. The quantitative estimate of drug-likeness (QED) is 0.329. The highest BCUT2D eigenvalue weighted by Gasteiger charge is 2.09. The molecule has 0 aliphatic carbocycles. The van der Waals surface area contributed by atoms with Crippen molar-refractivity contribution >= 4 is 11.8 Å². The minimum absolute atomic E-state index is 0.145. The number of nitro groups is 1. The highest BCUT2D eigenvalue weighted by Crippen LogP contribution is 2.15. The Morgan fingerprint density at radius 2 is 1.55 bits per heavy atom. The Bertz CT molecular complexity index is 924. The van der Waals surface area contributed by atoms with Crippen LogP contribution < -0.4 is 0 Å². The second kappa shape index (κ2) is 10.9. The third-order valence-electron chi connectivity index (χ3n) is 4.78. The largest absolute Gasteiger partial charge is 0.295 e. The first-order chi connectivity index (χ1) is 14.2. The molecule has 0 amide bonds. The molecular weight excluding hydrogens is 360 g/mol. The molecule has 29 heavy (non-hydrogen) atoms. The fourth-order valence-electron chi connectivity index (χ4n) is 3.31. The number of hydrogen-bond donors (Lipinski definition) is 0. The summed E-state index contributed by atoms with van der Waals surface area (Å²) < 4.78 is 0. The van der Waals surface area contributed by atoms with Gasteiger partial charge in [-0.15, -0.1) is 0 Å². The van der Waals surface area contributed by atoms with E-state index in [9.17, 15) is 10.1 Å². The van der Waals surface area contributed by atoms with Crippen molar-refractivity contribution in [3.05, 3.63) is 118 Å². The monoisotopic (exact) mass is 386 g/mol. The van der Waals surface area contributed by atoms with Gasteiger partial charge in [0, 0.05) is 25.2 Å². The van der Waals surface area contributed by atoms with Crippen molar-refractivity contribution in [3.8, 4) is 0 Å². The van der Waals surface area contributed by atoms with Gasteiger partial charge in [0.05, 0.1) is 4.92 Å². The molecule has 0 heterocycles. The zero-order valence-electron chi connectivity index (χ0n) is 16.5. The Morgan fingerprint density at radius 3 is 2.28 bits per heavy atom. The van der Waals surface area contributed by atoms with E-state index in [0.29, 0.717) is 6.54 Å². The number of rotatable bonds is 10. The van der Waals surface area contributed by atoms with Gasteiger partial charge in [-0.05, 0) is 36.1 Å². The van der Waals surface area contributed by atoms with E-state index in [0.717, 1.165) is 31.5 Å². The second-order valence-electron chi connectivity index (χ2n) is 7.06. The van der Waals surface area contributed by atoms with Gasteiger partial charge in [-0.2, -0.15) is 0 Å². The number of non-ortho nitro benzene ring substituents is 1. The molecule has 4 heteroatoms. The molecule has 0 spiro atoms. The molecule has 0 N–H and O–H groups in total. The summed E-state index contributed by atoms with van der Waals surface area (Å²) in [6, 6.07) is 27.6. The molecule has 3 rings (SSSR count). The van der Waals surface area contributed by atoms with E-state index in [2.05, 4.69) is 53.5 Å². The molecule has 3 aromatic carbocycles. The molecule has 148 valence electrons. The summed E-state index contributed by atoms with van der Waals surface area (Å²) in [5, 5.41) is 11.1. The van der Waals surface area contributed by atoms with E-state index in [1.54, 1.807) is 18.2 Å². The summed E-state index contributed by atoms with van der Waals surface area (Å²) in [7, 11) is 0. The standard InChI is InChI=1S/C25H26N2O2/c28-27(29)25-17-7-14-24(20-25)21-26(18-8-15-22-10-3-1-4-11-22)19-9-16-23-12-5-2-6-13-23/h1-8,10-15,17,20H,9,16,18-19,21H2. The van der Waals surface area contributed by atoms with Gasteiger partial charge in [0.25, 0.3) is 5.69 Å². The number of nitro benzene ring substituents is 1. The Morgan fingerprint density at radius 1 is 0.862 bits per heavy atom. The second-order valence-corrected chi connectivity index (χ2v) is 7.06. The van der Waals surface area contributed by atoms with E-state index < -0.39 is 0 Å². The van der Waals surface area contributed by atoms with Crippen LogP contribution >= 0.6 is 0 Å². The molecule has 0 saturated heterocycles. The third-order valence-corrected chi connectivity index (χ3v) is 4.78. The van der Waals surface area contributed by atoms with E-state index in [4.69, 9.17) is 0 Å². The predicted octanol–water partition coefficient (Wildman–Crippen LogP) is 5.74. The Hall–Kier alpha value is -3.24. The zero-order valence-corrected chi connectivity index (χ0v) is 16.5. The van der Waals surface area contributed by atoms with Gasteiger partial charge in [0.2, 0.25) is 0 Å². The summed E-state index contributed by atoms with van der Waals surface area (Å²) in [5.41, 5.74) is 3.62. The van der Waals surface area contributed by atoms with E-state index in [-0.39, 0.29) is 10.6 Å². The van der Waals surface area contributed by atoms with Gasteiger partial charge in [0.1, 0.15) is 0 Å². The van der Waals surface area contributed by atoms with Crippen molar-refractivity contribution in [1.82, 2.24) is 4.90 Å². The van der Waals surface area contributed by atoms with Crippen molar-refractivity contribution in [2.45, 2.75) is 19.4 Å². The maximum atomic E-state index is 11.1. The Labute approximate surface area is 172 Å². The molecule has 0 unspecified atom stereocenters. The van der Waals surface area contributed by atoms with E-state index in [1.807, 2.05) is 30.3 Å². The lowest BCUT2D eigenvalue weighted by molar-refractivity contribution is -0.384. The summed E-state index contributed by atoms with van der Waals surface area (Å²) in [4.78, 5) is 13.1. The minimum Gasteiger partial charge on any atom is -0.295 e. The van der Waals surface area contributed by atoms with Gasteiger partial charge in [-0.3, -0.25) is 15.0 Å². The smallest absolute Gasteiger partial charge is 0.269 e. The highest BCUT2D eigenvalue weighted by molar-refractivity contribution is 5.48. The van der Waals surface area contributed by atoms with Gasteiger partial charge in [-0.25, -0.2) is 0 Å². The van der Waals surface area contributed by atoms with E-state index in [1.165, 1.54) is 11.1 Å². The molecule has 3 aromatic rings. The van der Waals surface area contributed by atoms with Crippen LogP contribution in [-0.4, -0.2) is 22.9 Å². The van der Waals surface area contributed by atoms with Crippen molar-refractivity contribution < 1.29 is 4.92 Å². The van der Waals surface area contributed by atoms with Crippen LogP contribution in [0.3, 0.4) is 0 Å². The van der Waals surface area contributed by atoms with Crippen LogP contribution in [-0.2, 0) is 13.0 Å². The van der Waals surface area contributed by atoms with Crippen molar-refractivity contribution in [1.29, 1.82) is 0 Å². The number of hydrogen-bond acceptors (Lipinski definition) is 3. The molecule has 0 radical (unpaired) electrons. The van der Waals surface area contributed by atoms with Gasteiger partial charge in [-0.1, -0.05) is 84.9 Å². The molecule has 0 aromatic heterocycles. The normalized spacial score (nSPS) is 11.2. The van der Waals surface area contributed by atoms with Crippen molar-refractivity contribution in [2.24, 2.45) is 0 Å². The highest BCUT2D eigenvalue weighted by atomic mass is 16.6. The Kier molecular flexibility index (Phi) is 7.72. The van der Waals surface area contributed by atoms with Crippen LogP contribution in [0.2, 0.25) is 0 Å². The average molecular weight is 386 g/mol. The minimum atomic E-state index is -0.335. The number of benzene rings is 3. The van der Waals surface area contributed by atoms with Crippen LogP contribution in [0.1, 0.15) is 23.1 Å². The van der Waals surface area contributed by atoms with Gasteiger partial charge in [0.15, 0.2) is 0 Å². The first-order valence-corrected chi connectivity index (χ1v) is 9.92. The van der Waals surface area contributed by atoms with Crippen LogP contribution in [0.5, 0.6) is 0 Å². The molecular formula is C25H26N2O2. The Balaban J connectivity index is 1.64. The predicted molar refractivity (Wildman–Crippen MR) is 119 cm³/mol. The molecule has 0 atom stereocenters. The average Bonchev–Trinajstić information content (AvgIpc) is 2.75. The molecule has 4 nitrogen and oxygen atoms in total. The summed E-state index contributed by atoms with van der Waals surface area (Å²) in [5.74, 6) is 0. The molecule has 0 aliphatic heterocycles. The fraction of sp³-hybridized carbons (Fsp3) is 0.200.